The first-order valence-electron chi connectivity index (χ1n) is 10.1. The number of piperidine rings is 1. The summed E-state index contributed by atoms with van der Waals surface area (Å²) < 4.78 is 79.4. The average Bonchev–Trinajstić information content (AvgIpc) is 2.78. The van der Waals surface area contributed by atoms with Crippen molar-refractivity contribution in [2.75, 3.05) is 18.0 Å². The number of rotatable bonds is 6. The molecular formula is C21H17F4N4O5S-. The molecular weight excluding hydrogens is 496 g/mol. The molecule has 2 aromatic rings. The van der Waals surface area contributed by atoms with E-state index in [9.17, 15) is 45.9 Å². The van der Waals surface area contributed by atoms with Crippen molar-refractivity contribution in [2.24, 2.45) is 5.92 Å². The Morgan fingerprint density at radius 2 is 1.80 bits per heavy atom. The molecule has 1 N–H and O–H groups in total. The van der Waals surface area contributed by atoms with Gasteiger partial charge in [0.05, 0.1) is 17.3 Å². The van der Waals surface area contributed by atoms with Crippen molar-refractivity contribution in [3.8, 4) is 6.07 Å². The minimum atomic E-state index is -5.12. The zero-order chi connectivity index (χ0) is 26.0. The molecule has 1 fully saturated rings. The van der Waals surface area contributed by atoms with Crippen LogP contribution in [-0.4, -0.2) is 38.4 Å². The Hall–Kier alpha value is -3.73. The number of alkyl halides is 3. The average molecular weight is 513 g/mol. The van der Waals surface area contributed by atoms with Crippen LogP contribution in [0.5, 0.6) is 0 Å². The molecule has 35 heavy (non-hydrogen) atoms. The van der Waals surface area contributed by atoms with Gasteiger partial charge in [-0.15, -0.1) is 0 Å². The highest BCUT2D eigenvalue weighted by molar-refractivity contribution is 7.89. The summed E-state index contributed by atoms with van der Waals surface area (Å²) in [5, 5.41) is 20.4. The number of benzene rings is 1. The van der Waals surface area contributed by atoms with Crippen molar-refractivity contribution in [3.05, 3.63) is 58.5 Å². The fourth-order valence-corrected chi connectivity index (χ4v) is 4.80. The van der Waals surface area contributed by atoms with E-state index in [1.54, 1.807) is 6.07 Å². The molecule has 1 aromatic carbocycles. The maximum Gasteiger partial charge on any atom is 0.434 e. The van der Waals surface area contributed by atoms with Crippen LogP contribution in [0.4, 0.5) is 23.4 Å². The number of nitrogens with zero attached hydrogens (tertiary/aromatic N) is 3. The lowest BCUT2D eigenvalue weighted by Gasteiger charge is -2.33. The SMILES string of the molecule is N#Cc1cc(C(=O)[O-])c(C(F)(F)F)nc1N1CCC(C(=O)NS(=O)(=O)Cc2ccc(F)cc2)CC1. The third-order valence-corrected chi connectivity index (χ3v) is 6.53. The number of halogens is 4. The second kappa shape index (κ2) is 9.87. The van der Waals surface area contributed by atoms with Gasteiger partial charge < -0.3 is 14.8 Å². The third kappa shape index (κ3) is 6.24. The monoisotopic (exact) mass is 513 g/mol. The predicted octanol–water partition coefficient (Wildman–Crippen LogP) is 1.34. The van der Waals surface area contributed by atoms with Gasteiger partial charge in [0.2, 0.25) is 15.9 Å². The van der Waals surface area contributed by atoms with Gasteiger partial charge in [0.15, 0.2) is 5.69 Å². The highest BCUT2D eigenvalue weighted by Crippen LogP contribution is 2.34. The van der Waals surface area contributed by atoms with Gasteiger partial charge in [-0.1, -0.05) is 12.1 Å². The van der Waals surface area contributed by atoms with Crippen LogP contribution >= 0.6 is 0 Å². The van der Waals surface area contributed by atoms with Crippen LogP contribution in [0.15, 0.2) is 30.3 Å². The molecule has 0 saturated carbocycles. The van der Waals surface area contributed by atoms with E-state index in [0.29, 0.717) is 6.07 Å². The van der Waals surface area contributed by atoms with Crippen molar-refractivity contribution < 1.29 is 40.7 Å². The Morgan fingerprint density at radius 1 is 1.20 bits per heavy atom. The summed E-state index contributed by atoms with van der Waals surface area (Å²) in [6.45, 7) is -0.0838. The number of amides is 1. The number of aromatic carboxylic acids is 1. The molecule has 1 aromatic heterocycles. The van der Waals surface area contributed by atoms with Gasteiger partial charge in [-0.3, -0.25) is 9.52 Å². The Bertz CT molecular complexity index is 1280. The number of hydrogen-bond acceptors (Lipinski definition) is 8. The summed E-state index contributed by atoms with van der Waals surface area (Å²) in [7, 11) is -4.08. The van der Waals surface area contributed by atoms with Gasteiger partial charge in [-0.25, -0.2) is 17.8 Å². The van der Waals surface area contributed by atoms with Crippen molar-refractivity contribution in [2.45, 2.75) is 24.8 Å². The van der Waals surface area contributed by atoms with E-state index in [0.717, 1.165) is 12.1 Å². The van der Waals surface area contributed by atoms with Crippen LogP contribution in [0.25, 0.3) is 0 Å². The topological polar surface area (TPSA) is 143 Å². The van der Waals surface area contributed by atoms with Crippen molar-refractivity contribution in [1.29, 1.82) is 5.26 Å². The molecule has 186 valence electrons. The van der Waals surface area contributed by atoms with Crippen molar-refractivity contribution >= 4 is 27.7 Å². The second-order valence-corrected chi connectivity index (χ2v) is 9.49. The molecule has 2 heterocycles. The van der Waals surface area contributed by atoms with Gasteiger partial charge in [-0.05, 0) is 36.6 Å². The van der Waals surface area contributed by atoms with Crippen LogP contribution in [0.3, 0.4) is 0 Å². The van der Waals surface area contributed by atoms with Gasteiger partial charge in [0, 0.05) is 24.6 Å². The van der Waals surface area contributed by atoms with Gasteiger partial charge in [-0.2, -0.15) is 18.4 Å². The number of carboxylic acid groups (broad SMARTS) is 1. The van der Waals surface area contributed by atoms with E-state index in [1.165, 1.54) is 17.0 Å². The number of carboxylic acids is 1. The molecule has 1 aliphatic rings. The zero-order valence-corrected chi connectivity index (χ0v) is 18.6. The second-order valence-electron chi connectivity index (χ2n) is 7.77. The maximum atomic E-state index is 13.3. The molecule has 3 rings (SSSR count). The fourth-order valence-electron chi connectivity index (χ4n) is 3.62. The van der Waals surface area contributed by atoms with Crippen LogP contribution in [0, 0.1) is 23.1 Å². The smallest absolute Gasteiger partial charge is 0.434 e. The van der Waals surface area contributed by atoms with E-state index in [2.05, 4.69) is 4.98 Å². The fraction of sp³-hybridized carbons (Fsp3) is 0.333. The highest BCUT2D eigenvalue weighted by atomic mass is 32.2. The lowest BCUT2D eigenvalue weighted by atomic mass is 9.96. The maximum absolute atomic E-state index is 13.3. The molecule has 0 atom stereocenters. The van der Waals surface area contributed by atoms with E-state index < -0.39 is 68.2 Å². The first-order chi connectivity index (χ1) is 16.3. The van der Waals surface area contributed by atoms with Gasteiger partial charge in [0.1, 0.15) is 17.7 Å². The molecule has 1 amide bonds. The van der Waals surface area contributed by atoms with Crippen LogP contribution < -0.4 is 14.7 Å². The van der Waals surface area contributed by atoms with E-state index >= 15 is 0 Å². The standard InChI is InChI=1S/C21H18F4N4O5S/c22-15-3-1-12(2-4-15)11-35(33,34)28-19(30)13-5-7-29(8-6-13)18-14(10-26)9-16(20(31)32)17(27-18)21(23,24)25/h1-4,9,13H,5-8,11H2,(H,28,30)(H,31,32)/p-1. The molecule has 1 saturated heterocycles. The number of nitrogens with one attached hydrogen (secondary N) is 1. The third-order valence-electron chi connectivity index (χ3n) is 5.30. The van der Waals surface area contributed by atoms with E-state index in [4.69, 9.17) is 0 Å². The van der Waals surface area contributed by atoms with Crippen molar-refractivity contribution in [3.63, 3.8) is 0 Å². The number of aromatic nitrogens is 1. The molecule has 0 aliphatic carbocycles. The first kappa shape index (κ1) is 25.9. The zero-order valence-electron chi connectivity index (χ0n) is 17.8. The van der Waals surface area contributed by atoms with Crippen LogP contribution in [0.2, 0.25) is 0 Å². The lowest BCUT2D eigenvalue weighted by molar-refractivity contribution is -0.255. The van der Waals surface area contributed by atoms with Gasteiger partial charge in [0.25, 0.3) is 0 Å². The number of sulfonamides is 1. The largest absolute Gasteiger partial charge is 0.545 e. The molecule has 0 unspecified atom stereocenters. The minimum absolute atomic E-state index is 0.0358. The summed E-state index contributed by atoms with van der Waals surface area (Å²) in [4.78, 5) is 28.2. The Labute approximate surface area is 197 Å². The quantitative estimate of drug-likeness (QED) is 0.570. The molecule has 1 aliphatic heterocycles. The summed E-state index contributed by atoms with van der Waals surface area (Å²) in [6.07, 6.45) is -5.04. The van der Waals surface area contributed by atoms with E-state index in [-0.39, 0.29) is 31.5 Å². The molecule has 9 nitrogen and oxygen atoms in total. The summed E-state index contributed by atoms with van der Waals surface area (Å²) in [5.41, 5.74) is -3.13. The number of nitriles is 1. The Balaban J connectivity index is 1.71. The summed E-state index contributed by atoms with van der Waals surface area (Å²) >= 11 is 0. The van der Waals surface area contributed by atoms with Crippen molar-refractivity contribution in [1.82, 2.24) is 9.71 Å². The van der Waals surface area contributed by atoms with Crippen LogP contribution in [-0.2, 0) is 26.7 Å². The number of carbonyl (C=O) groups excluding carboxylic acids is 2. The molecule has 14 heteroatoms. The highest BCUT2D eigenvalue weighted by Gasteiger charge is 2.38. The predicted molar refractivity (Wildman–Crippen MR) is 110 cm³/mol. The summed E-state index contributed by atoms with van der Waals surface area (Å²) in [5.74, 6) is -5.23. The van der Waals surface area contributed by atoms with Crippen LogP contribution in [0.1, 0.15) is 40.0 Å². The number of anilines is 1. The number of hydrogen-bond donors (Lipinski definition) is 1. The Kier molecular flexibility index (Phi) is 7.30. The minimum Gasteiger partial charge on any atom is -0.545 e. The normalized spacial score (nSPS) is 14.9. The molecule has 0 spiro atoms. The van der Waals surface area contributed by atoms with Gasteiger partial charge >= 0.3 is 6.18 Å². The first-order valence-corrected chi connectivity index (χ1v) is 11.7. The number of carbonyl (C=O) groups is 2. The molecule has 0 bridgehead atoms. The van der Waals surface area contributed by atoms with E-state index in [1.807, 2.05) is 4.72 Å². The number of pyridine rings is 1. The lowest BCUT2D eigenvalue weighted by Crippen LogP contribution is -2.43. The Morgan fingerprint density at radius 3 is 2.31 bits per heavy atom. The summed E-state index contributed by atoms with van der Waals surface area (Å²) in [6, 6.07) is 6.84. The molecule has 0 radical (unpaired) electrons.